The van der Waals surface area contributed by atoms with Gasteiger partial charge in [-0.15, -0.1) is 0 Å². The van der Waals surface area contributed by atoms with Crippen LogP contribution in [0.5, 0.6) is 0 Å². The Bertz CT molecular complexity index is 710. The zero-order chi connectivity index (χ0) is 12.7. The van der Waals surface area contributed by atoms with Gasteiger partial charge in [0.25, 0.3) is 5.56 Å². The number of nitrogens with zero attached hydrogens (tertiary/aromatic N) is 1. The molecule has 2 heterocycles. The number of nitrogens with one attached hydrogen (secondary N) is 2. The van der Waals surface area contributed by atoms with E-state index in [1.807, 2.05) is 19.1 Å². The molecule has 0 radical (unpaired) electrons. The minimum atomic E-state index is -0.315. The molecule has 0 atom stereocenters. The third-order valence-electron chi connectivity index (χ3n) is 3.44. The fourth-order valence-corrected chi connectivity index (χ4v) is 2.27. The molecule has 1 fully saturated rings. The maximum Gasteiger partial charge on any atom is 0.328 e. The monoisotopic (exact) mass is 245 g/mol. The first-order valence-corrected chi connectivity index (χ1v) is 6.09. The van der Waals surface area contributed by atoms with Crippen LogP contribution in [0.15, 0.2) is 27.8 Å². The van der Waals surface area contributed by atoms with E-state index in [-0.39, 0.29) is 11.2 Å². The van der Waals surface area contributed by atoms with Crippen molar-refractivity contribution in [1.29, 1.82) is 0 Å². The van der Waals surface area contributed by atoms with Gasteiger partial charge in [-0.1, -0.05) is 6.07 Å². The smallest absolute Gasteiger partial charge is 0.316 e. The molecule has 0 amide bonds. The van der Waals surface area contributed by atoms with Crippen molar-refractivity contribution < 1.29 is 0 Å². The normalized spacial score (nSPS) is 15.8. The van der Waals surface area contributed by atoms with E-state index in [4.69, 9.17) is 0 Å². The molecule has 1 aliphatic heterocycles. The molecule has 2 N–H and O–H groups in total. The summed E-state index contributed by atoms with van der Waals surface area (Å²) in [5, 5.41) is 3.71. The summed E-state index contributed by atoms with van der Waals surface area (Å²) in [6.45, 7) is 4.17. The van der Waals surface area contributed by atoms with Crippen LogP contribution in [0.1, 0.15) is 5.56 Å². The summed E-state index contributed by atoms with van der Waals surface area (Å²) in [7, 11) is 0. The molecule has 0 bridgehead atoms. The minimum Gasteiger partial charge on any atom is -0.316 e. The van der Waals surface area contributed by atoms with Crippen LogP contribution in [0.2, 0.25) is 0 Å². The molecule has 0 unspecified atom stereocenters. The maximum atomic E-state index is 12.3. The summed E-state index contributed by atoms with van der Waals surface area (Å²) in [5.41, 5.74) is 1.14. The number of H-pyrrole nitrogens is 1. The van der Waals surface area contributed by atoms with Crippen molar-refractivity contribution in [3.63, 3.8) is 0 Å². The fraction of sp³-hybridized carbons (Fsp3) is 0.385. The Hall–Kier alpha value is -1.88. The molecule has 94 valence electrons. The SMILES string of the molecule is Cc1ccc2c(=O)n(CC3CNC3)c(=O)[nH]c2c1. The molecule has 0 aliphatic carbocycles. The van der Waals surface area contributed by atoms with Gasteiger partial charge < -0.3 is 10.3 Å². The summed E-state index contributed by atoms with van der Waals surface area (Å²) >= 11 is 0. The molecule has 5 nitrogen and oxygen atoms in total. The predicted molar refractivity (Wildman–Crippen MR) is 69.9 cm³/mol. The summed E-state index contributed by atoms with van der Waals surface area (Å²) in [5.74, 6) is 0.381. The molecule has 5 heteroatoms. The number of fused-ring (bicyclic) bond motifs is 1. The summed E-state index contributed by atoms with van der Waals surface area (Å²) in [6, 6.07) is 5.49. The lowest BCUT2D eigenvalue weighted by molar-refractivity contribution is 0.299. The summed E-state index contributed by atoms with van der Waals surface area (Å²) in [6.07, 6.45) is 0. The van der Waals surface area contributed by atoms with Crippen LogP contribution in [0, 0.1) is 12.8 Å². The highest BCUT2D eigenvalue weighted by atomic mass is 16.2. The van der Waals surface area contributed by atoms with Gasteiger partial charge in [0.05, 0.1) is 10.9 Å². The van der Waals surface area contributed by atoms with Crippen molar-refractivity contribution in [2.24, 2.45) is 5.92 Å². The van der Waals surface area contributed by atoms with Gasteiger partial charge in [-0.25, -0.2) is 4.79 Å². The average molecular weight is 245 g/mol. The number of benzene rings is 1. The van der Waals surface area contributed by atoms with E-state index in [0.717, 1.165) is 18.7 Å². The predicted octanol–water partition coefficient (Wildman–Crippen LogP) is 0.218. The molecule has 18 heavy (non-hydrogen) atoms. The fourth-order valence-electron chi connectivity index (χ4n) is 2.27. The van der Waals surface area contributed by atoms with Crippen molar-refractivity contribution in [3.05, 3.63) is 44.6 Å². The van der Waals surface area contributed by atoms with Crippen LogP contribution in [-0.2, 0) is 6.54 Å². The van der Waals surface area contributed by atoms with E-state index in [2.05, 4.69) is 10.3 Å². The lowest BCUT2D eigenvalue weighted by atomic mass is 10.0. The number of aryl methyl sites for hydroxylation is 1. The molecule has 1 aromatic heterocycles. The first kappa shape index (κ1) is 11.2. The highest BCUT2D eigenvalue weighted by Crippen LogP contribution is 2.09. The highest BCUT2D eigenvalue weighted by Gasteiger charge is 2.19. The van der Waals surface area contributed by atoms with E-state index >= 15 is 0 Å². The Kier molecular flexibility index (Phi) is 2.56. The van der Waals surface area contributed by atoms with E-state index in [9.17, 15) is 9.59 Å². The first-order valence-electron chi connectivity index (χ1n) is 6.09. The van der Waals surface area contributed by atoms with Crippen LogP contribution < -0.4 is 16.6 Å². The zero-order valence-electron chi connectivity index (χ0n) is 10.2. The Morgan fingerprint density at radius 3 is 2.78 bits per heavy atom. The zero-order valence-corrected chi connectivity index (χ0v) is 10.2. The van der Waals surface area contributed by atoms with Crippen molar-refractivity contribution in [1.82, 2.24) is 14.9 Å². The van der Waals surface area contributed by atoms with Crippen LogP contribution in [-0.4, -0.2) is 22.6 Å². The van der Waals surface area contributed by atoms with Crippen LogP contribution >= 0.6 is 0 Å². The lowest BCUT2D eigenvalue weighted by Crippen LogP contribution is -2.48. The standard InChI is InChI=1S/C13H15N3O2/c1-8-2-3-10-11(4-8)15-13(18)16(12(10)17)7-9-5-14-6-9/h2-4,9,14H,5-7H2,1H3,(H,15,18). The lowest BCUT2D eigenvalue weighted by Gasteiger charge is -2.27. The van der Waals surface area contributed by atoms with Crippen LogP contribution in [0.3, 0.4) is 0 Å². The van der Waals surface area contributed by atoms with Crippen molar-refractivity contribution in [2.45, 2.75) is 13.5 Å². The highest BCUT2D eigenvalue weighted by molar-refractivity contribution is 5.77. The van der Waals surface area contributed by atoms with E-state index in [1.54, 1.807) is 6.07 Å². The third-order valence-corrected chi connectivity index (χ3v) is 3.44. The molecule has 2 aromatic rings. The topological polar surface area (TPSA) is 66.9 Å². The molecule has 1 aromatic carbocycles. The quantitative estimate of drug-likeness (QED) is 0.795. The molecule has 3 rings (SSSR count). The van der Waals surface area contributed by atoms with Crippen molar-refractivity contribution in [3.8, 4) is 0 Å². The van der Waals surface area contributed by atoms with Gasteiger partial charge in [0.1, 0.15) is 0 Å². The van der Waals surface area contributed by atoms with Crippen LogP contribution in [0.25, 0.3) is 10.9 Å². The summed E-state index contributed by atoms with van der Waals surface area (Å²) < 4.78 is 1.31. The minimum absolute atomic E-state index is 0.194. The van der Waals surface area contributed by atoms with Crippen molar-refractivity contribution in [2.75, 3.05) is 13.1 Å². The van der Waals surface area contributed by atoms with Gasteiger partial charge in [-0.3, -0.25) is 9.36 Å². The second-order valence-corrected chi connectivity index (χ2v) is 4.92. The molecular formula is C13H15N3O2. The Balaban J connectivity index is 2.17. The largest absolute Gasteiger partial charge is 0.328 e. The number of aromatic amines is 1. The van der Waals surface area contributed by atoms with Gasteiger partial charge in [0, 0.05) is 25.6 Å². The number of aromatic nitrogens is 2. The van der Waals surface area contributed by atoms with Gasteiger partial charge in [0.2, 0.25) is 0 Å². The van der Waals surface area contributed by atoms with Crippen LogP contribution in [0.4, 0.5) is 0 Å². The van der Waals surface area contributed by atoms with E-state index < -0.39 is 0 Å². The van der Waals surface area contributed by atoms with Gasteiger partial charge in [-0.2, -0.15) is 0 Å². The second kappa shape index (κ2) is 4.10. The maximum absolute atomic E-state index is 12.3. The first-order chi connectivity index (χ1) is 8.65. The Labute approximate surface area is 103 Å². The van der Waals surface area contributed by atoms with Gasteiger partial charge in [-0.05, 0) is 24.6 Å². The third kappa shape index (κ3) is 1.76. The average Bonchev–Trinajstić information content (AvgIpc) is 2.25. The van der Waals surface area contributed by atoms with Crippen molar-refractivity contribution >= 4 is 10.9 Å². The summed E-state index contributed by atoms with van der Waals surface area (Å²) in [4.78, 5) is 27.0. The van der Waals surface area contributed by atoms with Gasteiger partial charge in [0.15, 0.2) is 0 Å². The Morgan fingerprint density at radius 2 is 2.11 bits per heavy atom. The Morgan fingerprint density at radius 1 is 1.33 bits per heavy atom. The van der Waals surface area contributed by atoms with Gasteiger partial charge >= 0.3 is 5.69 Å². The number of hydrogen-bond acceptors (Lipinski definition) is 3. The van der Waals surface area contributed by atoms with E-state index in [0.29, 0.717) is 23.4 Å². The molecule has 1 aliphatic rings. The number of rotatable bonds is 2. The molecule has 0 spiro atoms. The van der Waals surface area contributed by atoms with E-state index in [1.165, 1.54) is 4.57 Å². The number of hydrogen-bond donors (Lipinski definition) is 2. The molecule has 0 saturated carbocycles. The molecular weight excluding hydrogens is 230 g/mol. The second-order valence-electron chi connectivity index (χ2n) is 4.92. The molecule has 1 saturated heterocycles.